The molecule has 1 unspecified atom stereocenters. The minimum absolute atomic E-state index is 0.00995. The molecule has 1 aliphatic rings. The van der Waals surface area contributed by atoms with Crippen LogP contribution in [0.5, 0.6) is 0 Å². The first kappa shape index (κ1) is 11.0. The molecule has 2 amide bonds. The second kappa shape index (κ2) is 4.98. The van der Waals surface area contributed by atoms with Gasteiger partial charge in [0.1, 0.15) is 0 Å². The van der Waals surface area contributed by atoms with Gasteiger partial charge in [-0.05, 0) is 12.8 Å². The summed E-state index contributed by atoms with van der Waals surface area (Å²) < 4.78 is 0. The molecule has 0 spiro atoms. The minimum atomic E-state index is -0.00995. The SMILES string of the molecule is CCCNC(=O)C1CCC(=O)N(C)C1. The largest absolute Gasteiger partial charge is 0.356 e. The third-order valence-electron chi connectivity index (χ3n) is 2.55. The lowest BCUT2D eigenvalue weighted by Gasteiger charge is -2.28. The van der Waals surface area contributed by atoms with Gasteiger partial charge in [-0.1, -0.05) is 6.92 Å². The van der Waals surface area contributed by atoms with E-state index in [2.05, 4.69) is 5.32 Å². The van der Waals surface area contributed by atoms with Crippen molar-refractivity contribution in [3.63, 3.8) is 0 Å². The highest BCUT2D eigenvalue weighted by atomic mass is 16.2. The average Bonchev–Trinajstić information content (AvgIpc) is 2.18. The maximum absolute atomic E-state index is 11.6. The Morgan fingerprint density at radius 1 is 1.64 bits per heavy atom. The lowest BCUT2D eigenvalue weighted by Crippen LogP contribution is -2.44. The fourth-order valence-corrected chi connectivity index (χ4v) is 1.62. The van der Waals surface area contributed by atoms with Gasteiger partial charge in [0.15, 0.2) is 0 Å². The van der Waals surface area contributed by atoms with Gasteiger partial charge >= 0.3 is 0 Å². The summed E-state index contributed by atoms with van der Waals surface area (Å²) >= 11 is 0. The number of carbonyl (C=O) groups is 2. The Hall–Kier alpha value is -1.06. The van der Waals surface area contributed by atoms with Crippen LogP contribution < -0.4 is 5.32 Å². The zero-order chi connectivity index (χ0) is 10.6. The summed E-state index contributed by atoms with van der Waals surface area (Å²) in [4.78, 5) is 24.4. The van der Waals surface area contributed by atoms with E-state index in [1.165, 1.54) is 0 Å². The quantitative estimate of drug-likeness (QED) is 0.712. The van der Waals surface area contributed by atoms with Gasteiger partial charge in [0.2, 0.25) is 11.8 Å². The highest BCUT2D eigenvalue weighted by Crippen LogP contribution is 2.15. The summed E-state index contributed by atoms with van der Waals surface area (Å²) in [6.45, 7) is 3.32. The van der Waals surface area contributed by atoms with E-state index < -0.39 is 0 Å². The first-order chi connectivity index (χ1) is 6.65. The Kier molecular flexibility index (Phi) is 3.92. The molecule has 1 rings (SSSR count). The Labute approximate surface area is 84.7 Å². The van der Waals surface area contributed by atoms with Crippen LogP contribution in [0.3, 0.4) is 0 Å². The Bertz CT molecular complexity index is 228. The van der Waals surface area contributed by atoms with Crippen molar-refractivity contribution in [2.45, 2.75) is 26.2 Å². The molecule has 0 radical (unpaired) electrons. The van der Waals surface area contributed by atoms with E-state index in [0.29, 0.717) is 19.4 Å². The summed E-state index contributed by atoms with van der Waals surface area (Å²) in [5, 5.41) is 2.86. The van der Waals surface area contributed by atoms with Crippen molar-refractivity contribution in [1.82, 2.24) is 10.2 Å². The van der Waals surface area contributed by atoms with E-state index in [4.69, 9.17) is 0 Å². The molecule has 1 fully saturated rings. The number of nitrogens with one attached hydrogen (secondary N) is 1. The van der Waals surface area contributed by atoms with Gasteiger partial charge in [-0.25, -0.2) is 0 Å². The molecular formula is C10H18N2O2. The maximum atomic E-state index is 11.6. The monoisotopic (exact) mass is 198 g/mol. The van der Waals surface area contributed by atoms with Gasteiger partial charge in [-0.2, -0.15) is 0 Å². The van der Waals surface area contributed by atoms with E-state index in [1.54, 1.807) is 11.9 Å². The van der Waals surface area contributed by atoms with E-state index in [-0.39, 0.29) is 17.7 Å². The molecule has 4 nitrogen and oxygen atoms in total. The predicted octanol–water partition coefficient (Wildman–Crippen LogP) is 0.381. The molecule has 0 saturated carbocycles. The van der Waals surface area contributed by atoms with Crippen LogP contribution in [0.1, 0.15) is 26.2 Å². The Balaban J connectivity index is 2.38. The second-order valence-corrected chi connectivity index (χ2v) is 3.80. The molecular weight excluding hydrogens is 180 g/mol. The van der Waals surface area contributed by atoms with E-state index in [0.717, 1.165) is 13.0 Å². The van der Waals surface area contributed by atoms with Crippen LogP contribution in [0, 0.1) is 5.92 Å². The maximum Gasteiger partial charge on any atom is 0.224 e. The standard InChI is InChI=1S/C10H18N2O2/c1-3-6-11-10(14)8-4-5-9(13)12(2)7-8/h8H,3-7H2,1-2H3,(H,11,14). The normalized spacial score (nSPS) is 22.3. The summed E-state index contributed by atoms with van der Waals surface area (Å²) in [5.41, 5.74) is 0. The van der Waals surface area contributed by atoms with Crippen LogP contribution in [-0.2, 0) is 9.59 Å². The molecule has 4 heteroatoms. The molecule has 0 aliphatic carbocycles. The highest BCUT2D eigenvalue weighted by Gasteiger charge is 2.27. The van der Waals surface area contributed by atoms with Crippen LogP contribution in [0.15, 0.2) is 0 Å². The fraction of sp³-hybridized carbons (Fsp3) is 0.800. The number of amides is 2. The van der Waals surface area contributed by atoms with E-state index in [9.17, 15) is 9.59 Å². The van der Waals surface area contributed by atoms with Crippen LogP contribution in [-0.4, -0.2) is 36.9 Å². The number of hydrogen-bond acceptors (Lipinski definition) is 2. The Morgan fingerprint density at radius 2 is 2.36 bits per heavy atom. The van der Waals surface area contributed by atoms with Crippen molar-refractivity contribution in [1.29, 1.82) is 0 Å². The third-order valence-corrected chi connectivity index (χ3v) is 2.55. The molecule has 0 aromatic carbocycles. The summed E-state index contributed by atoms with van der Waals surface area (Å²) in [5.74, 6) is 0.222. The van der Waals surface area contributed by atoms with Crippen molar-refractivity contribution < 1.29 is 9.59 Å². The van der Waals surface area contributed by atoms with E-state index >= 15 is 0 Å². The van der Waals surface area contributed by atoms with Crippen LogP contribution >= 0.6 is 0 Å². The smallest absolute Gasteiger partial charge is 0.224 e. The van der Waals surface area contributed by atoms with Crippen molar-refractivity contribution in [3.8, 4) is 0 Å². The first-order valence-electron chi connectivity index (χ1n) is 5.16. The van der Waals surface area contributed by atoms with Gasteiger partial charge in [0, 0.05) is 26.6 Å². The van der Waals surface area contributed by atoms with Gasteiger partial charge in [-0.3, -0.25) is 9.59 Å². The topological polar surface area (TPSA) is 49.4 Å². The van der Waals surface area contributed by atoms with Crippen molar-refractivity contribution in [3.05, 3.63) is 0 Å². The molecule has 1 heterocycles. The molecule has 0 aromatic rings. The van der Waals surface area contributed by atoms with Crippen LogP contribution in [0.25, 0.3) is 0 Å². The Morgan fingerprint density at radius 3 is 2.93 bits per heavy atom. The number of likely N-dealkylation sites (tertiary alicyclic amines) is 1. The van der Waals surface area contributed by atoms with Gasteiger partial charge in [0.05, 0.1) is 5.92 Å². The molecule has 1 atom stereocenters. The average molecular weight is 198 g/mol. The lowest BCUT2D eigenvalue weighted by molar-refractivity contribution is -0.136. The number of piperidine rings is 1. The number of nitrogens with zero attached hydrogens (tertiary/aromatic N) is 1. The summed E-state index contributed by atoms with van der Waals surface area (Å²) in [7, 11) is 1.75. The molecule has 80 valence electrons. The van der Waals surface area contributed by atoms with Crippen molar-refractivity contribution >= 4 is 11.8 Å². The predicted molar refractivity (Wildman–Crippen MR) is 53.7 cm³/mol. The fourth-order valence-electron chi connectivity index (χ4n) is 1.62. The molecule has 1 aliphatic heterocycles. The molecule has 14 heavy (non-hydrogen) atoms. The first-order valence-corrected chi connectivity index (χ1v) is 5.16. The number of rotatable bonds is 3. The number of hydrogen-bond donors (Lipinski definition) is 1. The van der Waals surface area contributed by atoms with E-state index in [1.807, 2.05) is 6.92 Å². The molecule has 0 bridgehead atoms. The van der Waals surface area contributed by atoms with Crippen LogP contribution in [0.4, 0.5) is 0 Å². The zero-order valence-corrected chi connectivity index (χ0v) is 8.88. The lowest BCUT2D eigenvalue weighted by atomic mass is 9.97. The number of carbonyl (C=O) groups excluding carboxylic acids is 2. The molecule has 1 saturated heterocycles. The van der Waals surface area contributed by atoms with Gasteiger partial charge < -0.3 is 10.2 Å². The third kappa shape index (κ3) is 2.72. The highest BCUT2D eigenvalue weighted by molar-refractivity contribution is 5.83. The van der Waals surface area contributed by atoms with Gasteiger partial charge in [-0.15, -0.1) is 0 Å². The minimum Gasteiger partial charge on any atom is -0.356 e. The summed E-state index contributed by atoms with van der Waals surface area (Å²) in [6, 6.07) is 0. The zero-order valence-electron chi connectivity index (χ0n) is 8.88. The molecule has 0 aromatic heterocycles. The summed E-state index contributed by atoms with van der Waals surface area (Å²) in [6.07, 6.45) is 2.15. The van der Waals surface area contributed by atoms with Crippen molar-refractivity contribution in [2.24, 2.45) is 5.92 Å². The molecule has 1 N–H and O–H groups in total. The second-order valence-electron chi connectivity index (χ2n) is 3.80. The van der Waals surface area contributed by atoms with Crippen molar-refractivity contribution in [2.75, 3.05) is 20.1 Å². The van der Waals surface area contributed by atoms with Crippen LogP contribution in [0.2, 0.25) is 0 Å². The van der Waals surface area contributed by atoms with Gasteiger partial charge in [0.25, 0.3) is 0 Å².